The van der Waals surface area contributed by atoms with Gasteiger partial charge in [-0.2, -0.15) is 11.8 Å². The second-order valence-corrected chi connectivity index (χ2v) is 6.03. The number of rotatable bonds is 1. The molecule has 1 aromatic rings. The third-order valence-electron chi connectivity index (χ3n) is 3.58. The highest BCUT2D eigenvalue weighted by Crippen LogP contribution is 2.24. The highest BCUT2D eigenvalue weighted by atomic mass is 32.2. The largest absolute Gasteiger partial charge is 0.384 e. The van der Waals surface area contributed by atoms with E-state index in [0.717, 1.165) is 49.5 Å². The standard InChI is InChI=1S/C14H18N2OS/c17-14(16-6-1-8-18-9-7-16)12-3-2-11-4-5-15-13(11)10-12/h2-3,10,15H,1,4-9H2. The molecular formula is C14H18N2OS. The Kier molecular flexibility index (Phi) is 3.46. The zero-order chi connectivity index (χ0) is 12.4. The molecule has 96 valence electrons. The van der Waals surface area contributed by atoms with E-state index in [1.165, 1.54) is 11.3 Å². The van der Waals surface area contributed by atoms with E-state index in [1.54, 1.807) is 0 Å². The molecule has 0 saturated carbocycles. The normalized spacial score (nSPS) is 19.0. The highest BCUT2D eigenvalue weighted by Gasteiger charge is 2.19. The molecule has 4 heteroatoms. The summed E-state index contributed by atoms with van der Waals surface area (Å²) < 4.78 is 0. The van der Waals surface area contributed by atoms with Crippen molar-refractivity contribution in [1.29, 1.82) is 0 Å². The van der Waals surface area contributed by atoms with E-state index in [4.69, 9.17) is 0 Å². The fraction of sp³-hybridized carbons (Fsp3) is 0.500. The van der Waals surface area contributed by atoms with Crippen LogP contribution in [-0.4, -0.2) is 41.9 Å². The minimum absolute atomic E-state index is 0.189. The van der Waals surface area contributed by atoms with Crippen LogP contribution in [-0.2, 0) is 6.42 Å². The summed E-state index contributed by atoms with van der Waals surface area (Å²) in [7, 11) is 0. The van der Waals surface area contributed by atoms with Crippen LogP contribution in [0.2, 0.25) is 0 Å². The van der Waals surface area contributed by atoms with Crippen molar-refractivity contribution in [2.24, 2.45) is 0 Å². The molecule has 1 saturated heterocycles. The smallest absolute Gasteiger partial charge is 0.253 e. The van der Waals surface area contributed by atoms with Crippen molar-refractivity contribution in [1.82, 2.24) is 4.90 Å². The monoisotopic (exact) mass is 262 g/mol. The van der Waals surface area contributed by atoms with Crippen LogP contribution in [0.25, 0.3) is 0 Å². The van der Waals surface area contributed by atoms with Gasteiger partial charge in [0.1, 0.15) is 0 Å². The van der Waals surface area contributed by atoms with Crippen LogP contribution in [0, 0.1) is 0 Å². The van der Waals surface area contributed by atoms with E-state index in [0.29, 0.717) is 0 Å². The number of anilines is 1. The average molecular weight is 262 g/mol. The minimum Gasteiger partial charge on any atom is -0.384 e. The summed E-state index contributed by atoms with van der Waals surface area (Å²) in [6.45, 7) is 2.78. The predicted octanol–water partition coefficient (Wildman–Crippen LogP) is 2.23. The second-order valence-electron chi connectivity index (χ2n) is 4.81. The molecule has 0 atom stereocenters. The second kappa shape index (κ2) is 5.22. The van der Waals surface area contributed by atoms with Crippen LogP contribution < -0.4 is 5.32 Å². The number of nitrogens with zero attached hydrogens (tertiary/aromatic N) is 1. The van der Waals surface area contributed by atoms with Gasteiger partial charge in [-0.1, -0.05) is 6.07 Å². The van der Waals surface area contributed by atoms with Crippen molar-refractivity contribution in [3.05, 3.63) is 29.3 Å². The Morgan fingerprint density at radius 2 is 2.22 bits per heavy atom. The Balaban J connectivity index is 1.79. The lowest BCUT2D eigenvalue weighted by molar-refractivity contribution is 0.0768. The fourth-order valence-electron chi connectivity index (χ4n) is 2.56. The van der Waals surface area contributed by atoms with Crippen LogP contribution >= 0.6 is 11.8 Å². The summed E-state index contributed by atoms with van der Waals surface area (Å²) in [5.41, 5.74) is 3.30. The number of carbonyl (C=O) groups excluding carboxylic acids is 1. The van der Waals surface area contributed by atoms with Crippen LogP contribution in [0.5, 0.6) is 0 Å². The van der Waals surface area contributed by atoms with Gasteiger partial charge in [-0.25, -0.2) is 0 Å². The molecule has 3 rings (SSSR count). The summed E-state index contributed by atoms with van der Waals surface area (Å²) >= 11 is 1.95. The molecule has 1 fully saturated rings. The van der Waals surface area contributed by atoms with Gasteiger partial charge in [-0.15, -0.1) is 0 Å². The van der Waals surface area contributed by atoms with Crippen molar-refractivity contribution in [3.8, 4) is 0 Å². The first-order valence-corrected chi connectivity index (χ1v) is 7.74. The third kappa shape index (κ3) is 2.34. The van der Waals surface area contributed by atoms with Crippen molar-refractivity contribution >= 4 is 23.4 Å². The molecule has 0 spiro atoms. The van der Waals surface area contributed by atoms with E-state index in [9.17, 15) is 4.79 Å². The molecule has 0 aromatic heterocycles. The van der Waals surface area contributed by atoms with E-state index in [-0.39, 0.29) is 5.91 Å². The van der Waals surface area contributed by atoms with Gasteiger partial charge in [0.25, 0.3) is 5.91 Å². The van der Waals surface area contributed by atoms with Crippen LogP contribution in [0.3, 0.4) is 0 Å². The van der Waals surface area contributed by atoms with Crippen molar-refractivity contribution < 1.29 is 4.79 Å². The number of amides is 1. The molecule has 2 aliphatic rings. The Morgan fingerprint density at radius 3 is 3.17 bits per heavy atom. The number of hydrogen-bond acceptors (Lipinski definition) is 3. The maximum Gasteiger partial charge on any atom is 0.253 e. The Labute approximate surface area is 112 Å². The Morgan fingerprint density at radius 1 is 1.28 bits per heavy atom. The van der Waals surface area contributed by atoms with Crippen molar-refractivity contribution in [3.63, 3.8) is 0 Å². The number of benzene rings is 1. The number of thioether (sulfide) groups is 1. The zero-order valence-corrected chi connectivity index (χ0v) is 11.3. The lowest BCUT2D eigenvalue weighted by atomic mass is 10.1. The number of carbonyl (C=O) groups is 1. The lowest BCUT2D eigenvalue weighted by Crippen LogP contribution is -2.32. The molecule has 0 radical (unpaired) electrons. The average Bonchev–Trinajstić information content (AvgIpc) is 2.69. The molecule has 1 N–H and O–H groups in total. The van der Waals surface area contributed by atoms with E-state index >= 15 is 0 Å². The van der Waals surface area contributed by atoms with Gasteiger partial charge >= 0.3 is 0 Å². The summed E-state index contributed by atoms with van der Waals surface area (Å²) in [4.78, 5) is 14.4. The molecule has 2 heterocycles. The Hall–Kier alpha value is -1.16. The fourth-order valence-corrected chi connectivity index (χ4v) is 3.44. The molecule has 0 unspecified atom stereocenters. The summed E-state index contributed by atoms with van der Waals surface area (Å²) in [5, 5.41) is 3.34. The van der Waals surface area contributed by atoms with Gasteiger partial charge in [-0.05, 0) is 36.3 Å². The van der Waals surface area contributed by atoms with Gasteiger partial charge < -0.3 is 10.2 Å². The van der Waals surface area contributed by atoms with Gasteiger partial charge in [0.2, 0.25) is 0 Å². The van der Waals surface area contributed by atoms with E-state index in [1.807, 2.05) is 28.8 Å². The maximum atomic E-state index is 12.4. The topological polar surface area (TPSA) is 32.3 Å². The number of nitrogens with one attached hydrogen (secondary N) is 1. The van der Waals surface area contributed by atoms with Crippen LogP contribution in [0.15, 0.2) is 18.2 Å². The van der Waals surface area contributed by atoms with E-state index < -0.39 is 0 Å². The van der Waals surface area contributed by atoms with Crippen LogP contribution in [0.1, 0.15) is 22.3 Å². The third-order valence-corrected chi connectivity index (χ3v) is 4.62. The summed E-state index contributed by atoms with van der Waals surface area (Å²) in [6, 6.07) is 6.09. The first-order valence-electron chi connectivity index (χ1n) is 6.58. The molecule has 18 heavy (non-hydrogen) atoms. The summed E-state index contributed by atoms with van der Waals surface area (Å²) in [5.74, 6) is 2.43. The zero-order valence-electron chi connectivity index (χ0n) is 10.4. The summed E-state index contributed by atoms with van der Waals surface area (Å²) in [6.07, 6.45) is 2.18. The quantitative estimate of drug-likeness (QED) is 0.842. The molecule has 0 bridgehead atoms. The van der Waals surface area contributed by atoms with Gasteiger partial charge in [-0.3, -0.25) is 4.79 Å². The van der Waals surface area contributed by atoms with Crippen LogP contribution in [0.4, 0.5) is 5.69 Å². The van der Waals surface area contributed by atoms with Gasteiger partial charge in [0, 0.05) is 36.6 Å². The molecule has 2 aliphatic heterocycles. The van der Waals surface area contributed by atoms with Gasteiger partial charge in [0.15, 0.2) is 0 Å². The maximum absolute atomic E-state index is 12.4. The highest BCUT2D eigenvalue weighted by molar-refractivity contribution is 7.99. The number of fused-ring (bicyclic) bond motifs is 1. The predicted molar refractivity (Wildman–Crippen MR) is 76.5 cm³/mol. The van der Waals surface area contributed by atoms with Crippen molar-refractivity contribution in [2.75, 3.05) is 36.5 Å². The van der Waals surface area contributed by atoms with E-state index in [2.05, 4.69) is 11.4 Å². The van der Waals surface area contributed by atoms with Gasteiger partial charge in [0.05, 0.1) is 0 Å². The lowest BCUT2D eigenvalue weighted by Gasteiger charge is -2.20. The Bertz CT molecular complexity index is 453. The molecular weight excluding hydrogens is 244 g/mol. The SMILES string of the molecule is O=C(c1ccc2c(c1)NCC2)N1CCCSCC1. The molecule has 1 aromatic carbocycles. The molecule has 0 aliphatic carbocycles. The molecule has 1 amide bonds. The van der Waals surface area contributed by atoms with Crippen molar-refractivity contribution in [2.45, 2.75) is 12.8 Å². The number of hydrogen-bond donors (Lipinski definition) is 1. The molecule has 3 nitrogen and oxygen atoms in total. The minimum atomic E-state index is 0.189. The first kappa shape index (κ1) is 11.9. The first-order chi connectivity index (χ1) is 8.84.